The van der Waals surface area contributed by atoms with E-state index in [1.165, 1.54) is 51.4 Å². The predicted octanol–water partition coefficient (Wildman–Crippen LogP) is 15.2. The maximum atomic E-state index is 12.7. The molecule has 0 heterocycles. The molecular formula is C53H84O6. The topological polar surface area (TPSA) is 78.9 Å². The summed E-state index contributed by atoms with van der Waals surface area (Å²) >= 11 is 0. The summed E-state index contributed by atoms with van der Waals surface area (Å²) < 4.78 is 16.6. The first-order chi connectivity index (χ1) is 29.0. The Bertz CT molecular complexity index is 1260. The van der Waals surface area contributed by atoms with E-state index in [0.29, 0.717) is 6.42 Å². The average Bonchev–Trinajstić information content (AvgIpc) is 3.23. The molecule has 0 N–H and O–H groups in total. The van der Waals surface area contributed by atoms with Crippen molar-refractivity contribution in [3.05, 3.63) is 109 Å². The number of ether oxygens (including phenoxy) is 3. The second kappa shape index (κ2) is 46.8. The fourth-order valence-corrected chi connectivity index (χ4v) is 5.88. The van der Waals surface area contributed by atoms with Gasteiger partial charge in [-0.2, -0.15) is 0 Å². The van der Waals surface area contributed by atoms with Gasteiger partial charge >= 0.3 is 17.9 Å². The Morgan fingerprint density at radius 1 is 0.390 bits per heavy atom. The standard InChI is InChI=1S/C53H84O6/c1-4-7-10-13-16-19-21-23-25-26-27-28-30-31-34-37-40-43-46-52(55)58-49-50(48-57-51(54)45-42-39-36-33-18-15-12-9-6-3)59-53(56)47-44-41-38-35-32-29-24-22-20-17-14-11-8-5-2/h9-10,12-13,16,18-19,21,23,25-29,32-33,39,42,50H,4-8,11,14-15,17,20,22,24,30-31,34-38,40-41,43-49H2,1-3H3/b12-9-,13-10-,19-16-,23-21-,26-25-,28-27-,32-29-,33-18-,42-39-. The van der Waals surface area contributed by atoms with Crippen LogP contribution in [0.5, 0.6) is 0 Å². The lowest BCUT2D eigenvalue weighted by molar-refractivity contribution is -0.166. The smallest absolute Gasteiger partial charge is 0.309 e. The highest BCUT2D eigenvalue weighted by atomic mass is 16.6. The van der Waals surface area contributed by atoms with Crippen LogP contribution in [0.3, 0.4) is 0 Å². The number of carbonyl (C=O) groups is 3. The summed E-state index contributed by atoms with van der Waals surface area (Å²) in [7, 11) is 0. The van der Waals surface area contributed by atoms with Crippen LogP contribution in [0.2, 0.25) is 0 Å². The van der Waals surface area contributed by atoms with Crippen LogP contribution in [0.25, 0.3) is 0 Å². The average molecular weight is 817 g/mol. The minimum absolute atomic E-state index is 0.123. The van der Waals surface area contributed by atoms with Gasteiger partial charge < -0.3 is 14.2 Å². The van der Waals surface area contributed by atoms with Crippen LogP contribution >= 0.6 is 0 Å². The van der Waals surface area contributed by atoms with E-state index in [-0.39, 0.29) is 38.0 Å². The lowest BCUT2D eigenvalue weighted by atomic mass is 10.1. The number of hydrogen-bond acceptors (Lipinski definition) is 6. The third kappa shape index (κ3) is 45.0. The Morgan fingerprint density at radius 2 is 0.831 bits per heavy atom. The van der Waals surface area contributed by atoms with Crippen LogP contribution in [0.15, 0.2) is 109 Å². The van der Waals surface area contributed by atoms with Crippen LogP contribution in [0.4, 0.5) is 0 Å². The van der Waals surface area contributed by atoms with Crippen molar-refractivity contribution in [1.82, 2.24) is 0 Å². The molecule has 0 spiro atoms. The summed E-state index contributed by atoms with van der Waals surface area (Å²) in [6.45, 7) is 6.27. The zero-order chi connectivity index (χ0) is 43.0. The Kier molecular flexibility index (Phi) is 43.6. The fourth-order valence-electron chi connectivity index (χ4n) is 5.88. The van der Waals surface area contributed by atoms with Crippen molar-refractivity contribution in [2.24, 2.45) is 0 Å². The van der Waals surface area contributed by atoms with Crippen LogP contribution in [-0.4, -0.2) is 37.2 Å². The first kappa shape index (κ1) is 55.1. The van der Waals surface area contributed by atoms with Crippen molar-refractivity contribution < 1.29 is 28.6 Å². The van der Waals surface area contributed by atoms with E-state index < -0.39 is 12.1 Å². The molecule has 0 aromatic carbocycles. The highest BCUT2D eigenvalue weighted by Gasteiger charge is 2.19. The van der Waals surface area contributed by atoms with Gasteiger partial charge in [0, 0.05) is 12.8 Å². The number of carbonyl (C=O) groups excluding carboxylic acids is 3. The van der Waals surface area contributed by atoms with Crippen molar-refractivity contribution in [3.8, 4) is 0 Å². The maximum Gasteiger partial charge on any atom is 0.309 e. The first-order valence-corrected chi connectivity index (χ1v) is 23.5. The molecule has 0 saturated heterocycles. The van der Waals surface area contributed by atoms with Gasteiger partial charge in [0.25, 0.3) is 0 Å². The van der Waals surface area contributed by atoms with Crippen molar-refractivity contribution in [3.63, 3.8) is 0 Å². The molecular weight excluding hydrogens is 733 g/mol. The summed E-state index contributed by atoms with van der Waals surface area (Å²) in [5, 5.41) is 0. The minimum Gasteiger partial charge on any atom is -0.462 e. The van der Waals surface area contributed by atoms with E-state index in [4.69, 9.17) is 14.2 Å². The molecule has 0 aromatic heterocycles. The fraction of sp³-hybridized carbons (Fsp3) is 0.604. The lowest BCUT2D eigenvalue weighted by Crippen LogP contribution is -2.30. The number of esters is 3. The second-order valence-electron chi connectivity index (χ2n) is 15.1. The second-order valence-corrected chi connectivity index (χ2v) is 15.1. The van der Waals surface area contributed by atoms with Crippen LogP contribution in [-0.2, 0) is 28.6 Å². The van der Waals surface area contributed by atoms with Gasteiger partial charge in [-0.3, -0.25) is 14.4 Å². The number of hydrogen-bond donors (Lipinski definition) is 0. The normalized spacial score (nSPS) is 13.1. The van der Waals surface area contributed by atoms with Gasteiger partial charge in [-0.1, -0.05) is 201 Å². The largest absolute Gasteiger partial charge is 0.462 e. The predicted molar refractivity (Wildman–Crippen MR) is 251 cm³/mol. The Hall–Kier alpha value is -3.93. The van der Waals surface area contributed by atoms with E-state index in [0.717, 1.165) is 96.3 Å². The highest BCUT2D eigenvalue weighted by Crippen LogP contribution is 2.12. The van der Waals surface area contributed by atoms with E-state index in [2.05, 4.69) is 81.5 Å². The molecule has 0 saturated carbocycles. The minimum atomic E-state index is -0.832. The first-order valence-electron chi connectivity index (χ1n) is 23.5. The van der Waals surface area contributed by atoms with Gasteiger partial charge in [0.15, 0.2) is 6.10 Å². The Balaban J connectivity index is 4.50. The van der Waals surface area contributed by atoms with Crippen molar-refractivity contribution in [2.45, 2.75) is 194 Å². The summed E-state index contributed by atoms with van der Waals surface area (Å²) in [6, 6.07) is 0. The molecule has 0 amide bonds. The quantitative estimate of drug-likeness (QED) is 0.0201. The lowest BCUT2D eigenvalue weighted by Gasteiger charge is -2.18. The molecule has 6 nitrogen and oxygen atoms in total. The van der Waals surface area contributed by atoms with Crippen molar-refractivity contribution >= 4 is 17.9 Å². The van der Waals surface area contributed by atoms with Gasteiger partial charge in [0.1, 0.15) is 13.2 Å². The highest BCUT2D eigenvalue weighted by molar-refractivity contribution is 5.72. The van der Waals surface area contributed by atoms with Gasteiger partial charge in [-0.25, -0.2) is 0 Å². The molecule has 0 fully saturated rings. The third-order valence-electron chi connectivity index (χ3n) is 9.37. The molecule has 0 rings (SSSR count). The molecule has 1 atom stereocenters. The van der Waals surface area contributed by atoms with Crippen molar-refractivity contribution in [2.75, 3.05) is 13.2 Å². The SMILES string of the molecule is CC/C=C\C/C=C\C/C=C\CC(=O)OCC(COC(=O)CCCCCCC\C=C/C=C\C=C/C=C\C=C/CCC)OC(=O)CCCCC/C=C\CCCCCCCCC. The number of allylic oxidation sites excluding steroid dienone is 17. The maximum absolute atomic E-state index is 12.7. The molecule has 0 aromatic rings. The zero-order valence-electron chi connectivity index (χ0n) is 37.7. The van der Waals surface area contributed by atoms with Crippen LogP contribution in [0, 0.1) is 0 Å². The molecule has 0 radical (unpaired) electrons. The van der Waals surface area contributed by atoms with E-state index >= 15 is 0 Å². The number of rotatable bonds is 40. The van der Waals surface area contributed by atoms with Crippen LogP contribution in [0.1, 0.15) is 188 Å². The van der Waals surface area contributed by atoms with E-state index in [1.54, 1.807) is 6.08 Å². The number of unbranched alkanes of at least 4 members (excludes halogenated alkanes) is 16. The molecule has 0 aliphatic rings. The summed E-state index contributed by atoms with van der Waals surface area (Å²) in [4.78, 5) is 37.7. The monoisotopic (exact) mass is 817 g/mol. The molecule has 0 bridgehead atoms. The molecule has 0 aliphatic heterocycles. The summed E-state index contributed by atoms with van der Waals surface area (Å²) in [6.07, 6.45) is 62.4. The van der Waals surface area contributed by atoms with Gasteiger partial charge in [-0.05, 0) is 77.0 Å². The third-order valence-corrected chi connectivity index (χ3v) is 9.37. The molecule has 59 heavy (non-hydrogen) atoms. The zero-order valence-corrected chi connectivity index (χ0v) is 37.7. The van der Waals surface area contributed by atoms with Crippen molar-refractivity contribution in [1.29, 1.82) is 0 Å². The molecule has 332 valence electrons. The molecule has 6 heteroatoms. The Labute approximate surface area is 361 Å². The summed E-state index contributed by atoms with van der Waals surface area (Å²) in [5.74, 6) is -1.11. The van der Waals surface area contributed by atoms with Gasteiger partial charge in [0.2, 0.25) is 0 Å². The molecule has 1 unspecified atom stereocenters. The van der Waals surface area contributed by atoms with Crippen LogP contribution < -0.4 is 0 Å². The molecule has 0 aliphatic carbocycles. The van der Waals surface area contributed by atoms with E-state index in [1.807, 2.05) is 42.5 Å². The van der Waals surface area contributed by atoms with Gasteiger partial charge in [0.05, 0.1) is 6.42 Å². The summed E-state index contributed by atoms with van der Waals surface area (Å²) in [5.41, 5.74) is 0. The van der Waals surface area contributed by atoms with Gasteiger partial charge in [-0.15, -0.1) is 0 Å². The Morgan fingerprint density at radius 3 is 1.41 bits per heavy atom. The van der Waals surface area contributed by atoms with E-state index in [9.17, 15) is 14.4 Å².